The van der Waals surface area contributed by atoms with Gasteiger partial charge in [0.2, 0.25) is 0 Å². The van der Waals surface area contributed by atoms with Crippen molar-refractivity contribution in [3.63, 3.8) is 0 Å². The van der Waals surface area contributed by atoms with Gasteiger partial charge in [-0.05, 0) is 34.7 Å². The fourth-order valence-electron chi connectivity index (χ4n) is 3.85. The Balaban J connectivity index is 2.20. The van der Waals surface area contributed by atoms with Gasteiger partial charge in [0.25, 0.3) is 8.32 Å². The second kappa shape index (κ2) is 10.9. The highest BCUT2D eigenvalue weighted by molar-refractivity contribution is 6.99. The quantitative estimate of drug-likeness (QED) is 0.457. The van der Waals surface area contributed by atoms with E-state index in [9.17, 15) is 10.2 Å². The van der Waals surface area contributed by atoms with Gasteiger partial charge in [-0.15, -0.1) is 0 Å². The van der Waals surface area contributed by atoms with Gasteiger partial charge in [-0.2, -0.15) is 0 Å². The molecule has 2 N–H and O–H groups in total. The molecular weight excluding hydrogens is 376 g/mol. The van der Waals surface area contributed by atoms with Gasteiger partial charge >= 0.3 is 0 Å². The number of aliphatic hydroxyl groups excluding tert-OH is 2. The number of allylic oxidation sites excluding steroid dienone is 1. The van der Waals surface area contributed by atoms with Gasteiger partial charge in [0.1, 0.15) is 0 Å². The number of benzene rings is 2. The van der Waals surface area contributed by atoms with E-state index in [1.54, 1.807) is 0 Å². The first kappa shape index (κ1) is 23.6. The summed E-state index contributed by atoms with van der Waals surface area (Å²) in [4.78, 5) is 0. The first-order chi connectivity index (χ1) is 13.8. The lowest BCUT2D eigenvalue weighted by atomic mass is 10.1. The van der Waals surface area contributed by atoms with E-state index in [2.05, 4.69) is 69.3 Å². The van der Waals surface area contributed by atoms with E-state index in [0.717, 1.165) is 6.42 Å². The van der Waals surface area contributed by atoms with Crippen molar-refractivity contribution < 1.29 is 14.6 Å². The Hall–Kier alpha value is -1.72. The fraction of sp³-hybridized carbons (Fsp3) is 0.440. The van der Waals surface area contributed by atoms with Crippen molar-refractivity contribution in [2.75, 3.05) is 6.61 Å². The normalized spacial score (nSPS) is 14.8. The van der Waals surface area contributed by atoms with E-state index in [1.807, 2.05) is 31.2 Å². The highest BCUT2D eigenvalue weighted by atomic mass is 28.4. The molecule has 2 aromatic rings. The molecule has 0 aromatic heterocycles. The summed E-state index contributed by atoms with van der Waals surface area (Å²) >= 11 is 0. The van der Waals surface area contributed by atoms with Gasteiger partial charge in [0.15, 0.2) is 0 Å². The zero-order valence-corrected chi connectivity index (χ0v) is 19.2. The molecule has 0 bridgehead atoms. The van der Waals surface area contributed by atoms with E-state index in [-0.39, 0.29) is 5.04 Å². The molecule has 29 heavy (non-hydrogen) atoms. The van der Waals surface area contributed by atoms with Crippen molar-refractivity contribution in [1.82, 2.24) is 0 Å². The number of rotatable bonds is 10. The highest BCUT2D eigenvalue weighted by Crippen LogP contribution is 2.36. The molecule has 0 amide bonds. The Morgan fingerprint density at radius 3 is 1.83 bits per heavy atom. The minimum absolute atomic E-state index is 0.0367. The first-order valence-corrected chi connectivity index (χ1v) is 12.5. The van der Waals surface area contributed by atoms with Gasteiger partial charge in [-0.1, -0.05) is 101 Å². The lowest BCUT2D eigenvalue weighted by molar-refractivity contribution is 0.0134. The molecule has 0 radical (unpaired) electrons. The maximum absolute atomic E-state index is 9.90. The van der Waals surface area contributed by atoms with Crippen LogP contribution in [0.5, 0.6) is 0 Å². The predicted octanol–water partition coefficient (Wildman–Crippen LogP) is 4.03. The van der Waals surface area contributed by atoms with Crippen molar-refractivity contribution >= 4 is 18.7 Å². The Bertz CT molecular complexity index is 698. The zero-order chi connectivity index (χ0) is 21.3. The van der Waals surface area contributed by atoms with Crippen LogP contribution < -0.4 is 10.4 Å². The van der Waals surface area contributed by atoms with E-state index >= 15 is 0 Å². The van der Waals surface area contributed by atoms with Crippen molar-refractivity contribution in [2.45, 2.75) is 64.2 Å². The Morgan fingerprint density at radius 2 is 1.38 bits per heavy atom. The van der Waals surface area contributed by atoms with Crippen LogP contribution in [0.2, 0.25) is 5.04 Å². The van der Waals surface area contributed by atoms with Crippen LogP contribution in [0.1, 0.15) is 47.0 Å². The molecule has 0 aliphatic heterocycles. The minimum atomic E-state index is -2.50. The molecule has 4 heteroatoms. The molecule has 2 atom stereocenters. The molecule has 0 spiro atoms. The molecule has 3 nitrogen and oxygen atoms in total. The molecule has 0 aliphatic rings. The summed E-state index contributed by atoms with van der Waals surface area (Å²) in [6, 6.07) is 21.2. The smallest absolute Gasteiger partial charge is 0.261 e. The standard InChI is InChI=1S/C25H36O3Si/c1-5-23(26)24(27)19-13-8-14-20-28-29(25(2,3)4,21-15-9-6-10-16-21)22-17-11-7-12-18-22/h6-12,14-18,23-24,26-27H,5,13,19-20H2,1-4H3/b14-8+/t23-,24-/m1/s1. The average molecular weight is 413 g/mol. The van der Waals surface area contributed by atoms with Crippen molar-refractivity contribution in [3.05, 3.63) is 72.8 Å². The van der Waals surface area contributed by atoms with Crippen LogP contribution in [0.4, 0.5) is 0 Å². The molecular formula is C25H36O3Si. The molecule has 2 rings (SSSR count). The van der Waals surface area contributed by atoms with Crippen LogP contribution in [0.15, 0.2) is 72.8 Å². The number of aliphatic hydroxyl groups is 2. The molecule has 0 saturated heterocycles. The average Bonchev–Trinajstić information content (AvgIpc) is 2.73. The second-order valence-electron chi connectivity index (χ2n) is 8.57. The molecule has 158 valence electrons. The molecule has 0 heterocycles. The summed E-state index contributed by atoms with van der Waals surface area (Å²) in [5, 5.41) is 22.1. The van der Waals surface area contributed by atoms with Gasteiger partial charge < -0.3 is 14.6 Å². The lowest BCUT2D eigenvalue weighted by Gasteiger charge is -2.42. The summed E-state index contributed by atoms with van der Waals surface area (Å²) < 4.78 is 6.78. The van der Waals surface area contributed by atoms with Gasteiger partial charge in [0, 0.05) is 0 Å². The van der Waals surface area contributed by atoms with Crippen LogP contribution in [0, 0.1) is 0 Å². The third kappa shape index (κ3) is 5.89. The van der Waals surface area contributed by atoms with Crippen LogP contribution in [-0.2, 0) is 4.43 Å². The molecule has 0 aliphatic carbocycles. The third-order valence-electron chi connectivity index (χ3n) is 5.47. The Labute approximate surface area is 177 Å². The molecule has 2 aromatic carbocycles. The maximum atomic E-state index is 9.90. The highest BCUT2D eigenvalue weighted by Gasteiger charge is 2.49. The van der Waals surface area contributed by atoms with E-state index in [0.29, 0.717) is 19.4 Å². The van der Waals surface area contributed by atoms with Gasteiger partial charge in [-0.25, -0.2) is 0 Å². The van der Waals surface area contributed by atoms with Crippen LogP contribution in [0.25, 0.3) is 0 Å². The van der Waals surface area contributed by atoms with Crippen molar-refractivity contribution in [2.24, 2.45) is 0 Å². The summed E-state index contributed by atoms with van der Waals surface area (Å²) in [7, 11) is -2.50. The summed E-state index contributed by atoms with van der Waals surface area (Å²) in [6.45, 7) is 9.21. The number of hydrogen-bond acceptors (Lipinski definition) is 3. The van der Waals surface area contributed by atoms with Gasteiger partial charge in [0.05, 0.1) is 18.8 Å². The van der Waals surface area contributed by atoms with Crippen LogP contribution >= 0.6 is 0 Å². The predicted molar refractivity (Wildman–Crippen MR) is 124 cm³/mol. The monoisotopic (exact) mass is 412 g/mol. The van der Waals surface area contributed by atoms with E-state index in [1.165, 1.54) is 10.4 Å². The summed E-state index contributed by atoms with van der Waals surface area (Å²) in [5.41, 5.74) is 0. The van der Waals surface area contributed by atoms with Crippen molar-refractivity contribution in [3.8, 4) is 0 Å². The Morgan fingerprint density at radius 1 is 0.862 bits per heavy atom. The minimum Gasteiger partial charge on any atom is -0.404 e. The summed E-state index contributed by atoms with van der Waals surface area (Å²) in [5.74, 6) is 0. The molecule has 0 saturated carbocycles. The second-order valence-corrected chi connectivity index (χ2v) is 12.9. The largest absolute Gasteiger partial charge is 0.404 e. The first-order valence-electron chi connectivity index (χ1n) is 10.6. The lowest BCUT2D eigenvalue weighted by Crippen LogP contribution is -2.66. The zero-order valence-electron chi connectivity index (χ0n) is 18.2. The SMILES string of the molecule is CC[C@@H](O)[C@H](O)CC/C=C/CO[Si](c1ccccc1)(c1ccccc1)C(C)(C)C. The fourth-order valence-corrected chi connectivity index (χ4v) is 8.35. The third-order valence-corrected chi connectivity index (χ3v) is 10.5. The topological polar surface area (TPSA) is 49.7 Å². The van der Waals surface area contributed by atoms with Crippen LogP contribution in [-0.4, -0.2) is 37.3 Å². The molecule has 0 unspecified atom stereocenters. The maximum Gasteiger partial charge on any atom is 0.261 e. The van der Waals surface area contributed by atoms with E-state index < -0.39 is 20.5 Å². The number of hydrogen-bond donors (Lipinski definition) is 2. The Kier molecular flexibility index (Phi) is 8.84. The van der Waals surface area contributed by atoms with E-state index in [4.69, 9.17) is 4.43 Å². The van der Waals surface area contributed by atoms with Gasteiger partial charge in [-0.3, -0.25) is 0 Å². The summed E-state index contributed by atoms with van der Waals surface area (Å²) in [6.07, 6.45) is 4.64. The molecule has 0 fully saturated rings. The van der Waals surface area contributed by atoms with Crippen molar-refractivity contribution in [1.29, 1.82) is 0 Å². The van der Waals surface area contributed by atoms with Crippen LogP contribution in [0.3, 0.4) is 0 Å².